The van der Waals surface area contributed by atoms with Crippen molar-refractivity contribution in [2.45, 2.75) is 91.8 Å². The van der Waals surface area contributed by atoms with Gasteiger partial charge in [-0.1, -0.05) is 41.5 Å². The van der Waals surface area contributed by atoms with Crippen LogP contribution in [0.3, 0.4) is 0 Å². The van der Waals surface area contributed by atoms with E-state index in [9.17, 15) is 0 Å². The molecular formula is C17H36N2. The smallest absolute Gasteiger partial charge is 0.0295 e. The first-order valence-corrected chi connectivity index (χ1v) is 8.06. The van der Waals surface area contributed by atoms with Gasteiger partial charge in [-0.25, -0.2) is 0 Å². The standard InChI is InChI=1S/C17H36N2/c1-8-14(18)15(16(2,3)4)19(7)13-9-11-17(5,6)12-10-13/h13-15H,8-12,18H2,1-7H3. The first-order valence-electron chi connectivity index (χ1n) is 8.06. The van der Waals surface area contributed by atoms with Crippen molar-refractivity contribution in [3.05, 3.63) is 0 Å². The third kappa shape index (κ3) is 4.46. The minimum atomic E-state index is 0.247. The summed E-state index contributed by atoms with van der Waals surface area (Å²) >= 11 is 0. The monoisotopic (exact) mass is 268 g/mol. The molecule has 2 N–H and O–H groups in total. The molecule has 1 rings (SSSR count). The quantitative estimate of drug-likeness (QED) is 0.834. The second kappa shape index (κ2) is 6.13. The summed E-state index contributed by atoms with van der Waals surface area (Å²) in [6.45, 7) is 14.0. The molecule has 0 aliphatic heterocycles. The Morgan fingerprint density at radius 1 is 1.21 bits per heavy atom. The molecule has 0 heterocycles. The van der Waals surface area contributed by atoms with Crippen molar-refractivity contribution in [3.63, 3.8) is 0 Å². The van der Waals surface area contributed by atoms with E-state index in [0.29, 0.717) is 11.5 Å². The first-order chi connectivity index (χ1) is 8.58. The normalized spacial score (nSPS) is 24.5. The lowest BCUT2D eigenvalue weighted by Crippen LogP contribution is -2.56. The highest BCUT2D eigenvalue weighted by Gasteiger charge is 2.38. The number of nitrogens with two attached hydrogens (primary N) is 1. The third-order valence-corrected chi connectivity index (χ3v) is 5.09. The third-order valence-electron chi connectivity index (χ3n) is 5.09. The van der Waals surface area contributed by atoms with Crippen molar-refractivity contribution >= 4 is 0 Å². The summed E-state index contributed by atoms with van der Waals surface area (Å²) in [7, 11) is 2.30. The molecule has 0 bridgehead atoms. The molecule has 114 valence electrons. The van der Waals surface area contributed by atoms with Crippen LogP contribution in [0.5, 0.6) is 0 Å². The highest BCUT2D eigenvalue weighted by molar-refractivity contribution is 4.94. The number of rotatable bonds is 4. The summed E-state index contributed by atoms with van der Waals surface area (Å²) in [6.07, 6.45) is 6.41. The van der Waals surface area contributed by atoms with Crippen molar-refractivity contribution in [1.82, 2.24) is 4.90 Å². The molecule has 19 heavy (non-hydrogen) atoms. The van der Waals surface area contributed by atoms with Gasteiger partial charge in [-0.05, 0) is 50.0 Å². The van der Waals surface area contributed by atoms with Gasteiger partial charge < -0.3 is 5.73 Å². The molecule has 0 radical (unpaired) electrons. The summed E-state index contributed by atoms with van der Waals surface area (Å²) in [5, 5.41) is 0. The summed E-state index contributed by atoms with van der Waals surface area (Å²) in [6, 6.07) is 1.47. The molecule has 2 nitrogen and oxygen atoms in total. The van der Waals surface area contributed by atoms with Gasteiger partial charge in [-0.3, -0.25) is 4.90 Å². The van der Waals surface area contributed by atoms with E-state index in [-0.39, 0.29) is 11.5 Å². The van der Waals surface area contributed by atoms with E-state index >= 15 is 0 Å². The van der Waals surface area contributed by atoms with Crippen LogP contribution in [-0.4, -0.2) is 30.1 Å². The van der Waals surface area contributed by atoms with Gasteiger partial charge in [-0.15, -0.1) is 0 Å². The number of nitrogens with zero attached hydrogens (tertiary/aromatic N) is 1. The van der Waals surface area contributed by atoms with Gasteiger partial charge in [0.2, 0.25) is 0 Å². The molecule has 1 aliphatic carbocycles. The minimum Gasteiger partial charge on any atom is -0.326 e. The molecule has 0 aromatic rings. The minimum absolute atomic E-state index is 0.247. The van der Waals surface area contributed by atoms with Crippen LogP contribution in [-0.2, 0) is 0 Å². The molecule has 0 saturated heterocycles. The molecule has 0 spiro atoms. The zero-order valence-corrected chi connectivity index (χ0v) is 14.3. The van der Waals surface area contributed by atoms with Crippen molar-refractivity contribution in [1.29, 1.82) is 0 Å². The SMILES string of the molecule is CCC(N)C(N(C)C1CCC(C)(C)CC1)C(C)(C)C. The van der Waals surface area contributed by atoms with Crippen LogP contribution >= 0.6 is 0 Å². The second-order valence-corrected chi connectivity index (χ2v) is 8.44. The number of likely N-dealkylation sites (N-methyl/N-ethyl adjacent to an activating group) is 1. The van der Waals surface area contributed by atoms with Gasteiger partial charge in [0.25, 0.3) is 0 Å². The zero-order chi connectivity index (χ0) is 14.8. The maximum atomic E-state index is 6.42. The molecule has 0 aromatic heterocycles. The fraction of sp³-hybridized carbons (Fsp3) is 1.00. The summed E-state index contributed by atoms with van der Waals surface area (Å²) < 4.78 is 0. The van der Waals surface area contributed by atoms with Gasteiger partial charge >= 0.3 is 0 Å². The molecule has 0 amide bonds. The average Bonchev–Trinajstić information content (AvgIpc) is 2.26. The van der Waals surface area contributed by atoms with Crippen LogP contribution in [0, 0.1) is 10.8 Å². The van der Waals surface area contributed by atoms with Gasteiger partial charge in [0.05, 0.1) is 0 Å². The predicted molar refractivity (Wildman–Crippen MR) is 85.3 cm³/mol. The lowest BCUT2D eigenvalue weighted by atomic mass is 9.73. The molecule has 1 fully saturated rings. The molecule has 2 atom stereocenters. The van der Waals surface area contributed by atoms with Crippen molar-refractivity contribution in [2.24, 2.45) is 16.6 Å². The lowest BCUT2D eigenvalue weighted by Gasteiger charge is -2.48. The average molecular weight is 268 g/mol. The van der Waals surface area contributed by atoms with Gasteiger partial charge in [0.1, 0.15) is 0 Å². The molecular weight excluding hydrogens is 232 g/mol. The van der Waals surface area contributed by atoms with Crippen LogP contribution in [0.1, 0.15) is 73.6 Å². The van der Waals surface area contributed by atoms with E-state index in [2.05, 4.69) is 53.5 Å². The zero-order valence-electron chi connectivity index (χ0n) is 14.3. The fourth-order valence-corrected chi connectivity index (χ4v) is 3.80. The molecule has 1 aliphatic rings. The molecule has 2 unspecified atom stereocenters. The van der Waals surface area contributed by atoms with E-state index in [4.69, 9.17) is 5.73 Å². The van der Waals surface area contributed by atoms with Crippen LogP contribution < -0.4 is 5.73 Å². The first kappa shape index (κ1) is 17.0. The van der Waals surface area contributed by atoms with E-state index in [0.717, 1.165) is 12.5 Å². The van der Waals surface area contributed by atoms with Crippen LogP contribution in [0.2, 0.25) is 0 Å². The molecule has 1 saturated carbocycles. The van der Waals surface area contributed by atoms with Crippen molar-refractivity contribution < 1.29 is 0 Å². The Labute approximate surface area is 121 Å². The number of hydrogen-bond donors (Lipinski definition) is 1. The van der Waals surface area contributed by atoms with Gasteiger partial charge in [0, 0.05) is 18.1 Å². The number of hydrogen-bond acceptors (Lipinski definition) is 2. The fourth-order valence-electron chi connectivity index (χ4n) is 3.80. The second-order valence-electron chi connectivity index (χ2n) is 8.44. The predicted octanol–water partition coefficient (Wildman–Crippen LogP) is 4.04. The highest BCUT2D eigenvalue weighted by atomic mass is 15.2. The Morgan fingerprint density at radius 3 is 2.05 bits per heavy atom. The topological polar surface area (TPSA) is 29.3 Å². The maximum absolute atomic E-state index is 6.42. The summed E-state index contributed by atoms with van der Waals surface area (Å²) in [5.41, 5.74) is 7.21. The van der Waals surface area contributed by atoms with E-state index in [1.54, 1.807) is 0 Å². The lowest BCUT2D eigenvalue weighted by molar-refractivity contribution is 0.0312. The summed E-state index contributed by atoms with van der Waals surface area (Å²) in [5.74, 6) is 0. The largest absolute Gasteiger partial charge is 0.326 e. The Hall–Kier alpha value is -0.0800. The van der Waals surface area contributed by atoms with Crippen LogP contribution in [0.25, 0.3) is 0 Å². The van der Waals surface area contributed by atoms with Crippen molar-refractivity contribution in [3.8, 4) is 0 Å². The van der Waals surface area contributed by atoms with E-state index < -0.39 is 0 Å². The maximum Gasteiger partial charge on any atom is 0.0295 e. The Morgan fingerprint density at radius 2 is 1.68 bits per heavy atom. The molecule has 0 aromatic carbocycles. The van der Waals surface area contributed by atoms with Crippen LogP contribution in [0.4, 0.5) is 0 Å². The Bertz CT molecular complexity index is 267. The Balaban J connectivity index is 2.75. The Kier molecular flexibility index (Phi) is 5.48. The van der Waals surface area contributed by atoms with E-state index in [1.165, 1.54) is 25.7 Å². The highest BCUT2D eigenvalue weighted by Crippen LogP contribution is 2.39. The van der Waals surface area contributed by atoms with Crippen molar-refractivity contribution in [2.75, 3.05) is 7.05 Å². The molecule has 2 heteroatoms. The van der Waals surface area contributed by atoms with Crippen LogP contribution in [0.15, 0.2) is 0 Å². The summed E-state index contributed by atoms with van der Waals surface area (Å²) in [4.78, 5) is 2.60. The van der Waals surface area contributed by atoms with E-state index in [1.807, 2.05) is 0 Å². The van der Waals surface area contributed by atoms with Gasteiger partial charge in [0.15, 0.2) is 0 Å². The van der Waals surface area contributed by atoms with Gasteiger partial charge in [-0.2, -0.15) is 0 Å².